The van der Waals surface area contributed by atoms with Gasteiger partial charge in [0.05, 0.1) is 0 Å². The minimum Gasteiger partial charge on any atom is -0.327 e. The standard InChI is InChI=1S/C17H27N7O/c1-22-14(9-12-5-3-4-6-13(12)18)20-24(17(22)25)10-15-19-16(11-7-8-11)21-23(15)2/h11-13H,3-10,18H2,1-2H3/t12-,13-/m1/s1. The molecule has 2 atom stereocenters. The van der Waals surface area contributed by atoms with Crippen LogP contribution in [0, 0.1) is 5.92 Å². The van der Waals surface area contributed by atoms with E-state index in [4.69, 9.17) is 5.73 Å². The van der Waals surface area contributed by atoms with Crippen LogP contribution in [0.5, 0.6) is 0 Å². The van der Waals surface area contributed by atoms with Crippen molar-refractivity contribution in [3.8, 4) is 0 Å². The molecular weight excluding hydrogens is 318 g/mol. The van der Waals surface area contributed by atoms with Gasteiger partial charge in [0.1, 0.15) is 18.2 Å². The van der Waals surface area contributed by atoms with Crippen molar-refractivity contribution in [3.05, 3.63) is 28.0 Å². The first-order chi connectivity index (χ1) is 12.0. The molecule has 0 saturated heterocycles. The first-order valence-electron chi connectivity index (χ1n) is 9.31. The summed E-state index contributed by atoms with van der Waals surface area (Å²) in [5.41, 5.74) is 6.16. The Morgan fingerprint density at radius 1 is 1.08 bits per heavy atom. The van der Waals surface area contributed by atoms with Crippen LogP contribution < -0.4 is 11.4 Å². The van der Waals surface area contributed by atoms with Crippen molar-refractivity contribution in [3.63, 3.8) is 0 Å². The molecule has 0 unspecified atom stereocenters. The second-order valence-electron chi connectivity index (χ2n) is 7.61. The van der Waals surface area contributed by atoms with Gasteiger partial charge in [-0.25, -0.2) is 14.5 Å². The number of nitrogens with zero attached hydrogens (tertiary/aromatic N) is 6. The van der Waals surface area contributed by atoms with Gasteiger partial charge in [-0.2, -0.15) is 10.2 Å². The first-order valence-corrected chi connectivity index (χ1v) is 9.31. The van der Waals surface area contributed by atoms with Crippen LogP contribution in [0.1, 0.15) is 61.9 Å². The maximum absolute atomic E-state index is 12.6. The average Bonchev–Trinajstić information content (AvgIpc) is 3.33. The third kappa shape index (κ3) is 3.27. The normalized spacial score (nSPS) is 24.0. The molecule has 2 N–H and O–H groups in total. The average molecular weight is 345 g/mol. The summed E-state index contributed by atoms with van der Waals surface area (Å²) in [6.45, 7) is 0.361. The minimum atomic E-state index is -0.102. The Morgan fingerprint density at radius 2 is 1.84 bits per heavy atom. The lowest BCUT2D eigenvalue weighted by atomic mass is 9.83. The lowest BCUT2D eigenvalue weighted by molar-refractivity contribution is 0.300. The minimum absolute atomic E-state index is 0.102. The third-order valence-corrected chi connectivity index (χ3v) is 5.65. The summed E-state index contributed by atoms with van der Waals surface area (Å²) in [5.74, 6) is 3.41. The Labute approximate surface area is 147 Å². The molecule has 4 rings (SSSR count). The molecule has 2 aliphatic rings. The maximum Gasteiger partial charge on any atom is 0.346 e. The van der Waals surface area contributed by atoms with Gasteiger partial charge in [0.2, 0.25) is 0 Å². The fourth-order valence-corrected chi connectivity index (χ4v) is 3.76. The Hall–Kier alpha value is -1.96. The molecule has 0 amide bonds. The Kier molecular flexibility index (Phi) is 4.23. The van der Waals surface area contributed by atoms with E-state index >= 15 is 0 Å². The van der Waals surface area contributed by atoms with Crippen molar-refractivity contribution in [2.75, 3.05) is 0 Å². The van der Waals surface area contributed by atoms with Gasteiger partial charge in [-0.15, -0.1) is 0 Å². The Morgan fingerprint density at radius 3 is 2.56 bits per heavy atom. The molecule has 0 aromatic carbocycles. The van der Waals surface area contributed by atoms with E-state index in [9.17, 15) is 4.79 Å². The summed E-state index contributed by atoms with van der Waals surface area (Å²) in [4.78, 5) is 17.2. The number of rotatable bonds is 5. The molecule has 0 bridgehead atoms. The van der Waals surface area contributed by atoms with E-state index in [0.29, 0.717) is 18.4 Å². The third-order valence-electron chi connectivity index (χ3n) is 5.65. The molecule has 8 heteroatoms. The second-order valence-corrected chi connectivity index (χ2v) is 7.61. The lowest BCUT2D eigenvalue weighted by Crippen LogP contribution is -2.35. The first kappa shape index (κ1) is 16.5. The zero-order chi connectivity index (χ0) is 17.6. The van der Waals surface area contributed by atoms with Gasteiger partial charge >= 0.3 is 5.69 Å². The zero-order valence-electron chi connectivity index (χ0n) is 15.1. The number of aryl methyl sites for hydroxylation is 1. The van der Waals surface area contributed by atoms with E-state index in [-0.39, 0.29) is 11.7 Å². The molecule has 0 spiro atoms. The summed E-state index contributed by atoms with van der Waals surface area (Å²) in [5, 5.41) is 9.04. The molecule has 2 aromatic heterocycles. The van der Waals surface area contributed by atoms with Gasteiger partial charge in [0, 0.05) is 32.5 Å². The number of aromatic nitrogens is 6. The summed E-state index contributed by atoms with van der Waals surface area (Å²) >= 11 is 0. The fourth-order valence-electron chi connectivity index (χ4n) is 3.76. The van der Waals surface area contributed by atoms with Gasteiger partial charge < -0.3 is 5.73 Å². The summed E-state index contributed by atoms with van der Waals surface area (Å²) in [6.07, 6.45) is 7.72. The van der Waals surface area contributed by atoms with Crippen LogP contribution in [-0.4, -0.2) is 35.2 Å². The SMILES string of the molecule is Cn1nc(C2CC2)nc1Cn1nc(C[C@H]2CCCC[C@H]2N)n(C)c1=O. The van der Waals surface area contributed by atoms with E-state index in [0.717, 1.165) is 36.7 Å². The quantitative estimate of drug-likeness (QED) is 0.860. The monoisotopic (exact) mass is 345 g/mol. The van der Waals surface area contributed by atoms with Crippen LogP contribution in [0.25, 0.3) is 0 Å². The van der Waals surface area contributed by atoms with Crippen molar-refractivity contribution < 1.29 is 0 Å². The molecule has 2 aromatic rings. The topological polar surface area (TPSA) is 96.5 Å². The number of nitrogens with two attached hydrogens (primary N) is 1. The molecule has 8 nitrogen and oxygen atoms in total. The van der Waals surface area contributed by atoms with Gasteiger partial charge in [0.25, 0.3) is 0 Å². The van der Waals surface area contributed by atoms with Crippen LogP contribution in [0.15, 0.2) is 4.79 Å². The fraction of sp³-hybridized carbons (Fsp3) is 0.765. The van der Waals surface area contributed by atoms with Crippen LogP contribution >= 0.6 is 0 Å². The highest BCUT2D eigenvalue weighted by molar-refractivity contribution is 5.06. The smallest absolute Gasteiger partial charge is 0.327 e. The predicted octanol–water partition coefficient (Wildman–Crippen LogP) is 0.696. The van der Waals surface area contributed by atoms with E-state index in [1.807, 2.05) is 7.05 Å². The molecule has 2 fully saturated rings. The zero-order valence-corrected chi connectivity index (χ0v) is 15.1. The molecule has 2 saturated carbocycles. The number of hydrogen-bond acceptors (Lipinski definition) is 5. The summed E-state index contributed by atoms with van der Waals surface area (Å²) in [6, 6.07) is 0.217. The van der Waals surface area contributed by atoms with Crippen molar-refractivity contribution in [1.82, 2.24) is 29.1 Å². The van der Waals surface area contributed by atoms with Crippen molar-refractivity contribution >= 4 is 0 Å². The molecule has 2 heterocycles. The van der Waals surface area contributed by atoms with Crippen LogP contribution in [0.3, 0.4) is 0 Å². The molecule has 0 aliphatic heterocycles. The van der Waals surface area contributed by atoms with Gasteiger partial charge in [-0.05, 0) is 31.6 Å². The van der Waals surface area contributed by atoms with E-state index < -0.39 is 0 Å². The highest BCUT2D eigenvalue weighted by atomic mass is 16.2. The van der Waals surface area contributed by atoms with Gasteiger partial charge in [-0.3, -0.25) is 9.25 Å². The predicted molar refractivity (Wildman–Crippen MR) is 93.2 cm³/mol. The Bertz CT molecular complexity index is 814. The molecular formula is C17H27N7O. The summed E-state index contributed by atoms with van der Waals surface area (Å²) < 4.78 is 4.93. The van der Waals surface area contributed by atoms with Crippen molar-refractivity contribution in [1.29, 1.82) is 0 Å². The number of hydrogen-bond donors (Lipinski definition) is 1. The lowest BCUT2D eigenvalue weighted by Gasteiger charge is -2.27. The van der Waals surface area contributed by atoms with Gasteiger partial charge in [0.15, 0.2) is 5.82 Å². The highest BCUT2D eigenvalue weighted by Gasteiger charge is 2.29. The van der Waals surface area contributed by atoms with E-state index in [1.54, 1.807) is 16.3 Å². The van der Waals surface area contributed by atoms with Crippen LogP contribution in [0.4, 0.5) is 0 Å². The summed E-state index contributed by atoms with van der Waals surface area (Å²) in [7, 11) is 3.67. The van der Waals surface area contributed by atoms with E-state index in [1.165, 1.54) is 30.4 Å². The largest absolute Gasteiger partial charge is 0.346 e. The van der Waals surface area contributed by atoms with Crippen LogP contribution in [-0.2, 0) is 27.1 Å². The van der Waals surface area contributed by atoms with E-state index in [2.05, 4.69) is 15.2 Å². The Balaban J connectivity index is 1.53. The van der Waals surface area contributed by atoms with Crippen molar-refractivity contribution in [2.24, 2.45) is 25.7 Å². The van der Waals surface area contributed by atoms with Crippen LogP contribution in [0.2, 0.25) is 0 Å². The highest BCUT2D eigenvalue weighted by Crippen LogP contribution is 2.38. The molecule has 136 valence electrons. The molecule has 0 radical (unpaired) electrons. The molecule has 2 aliphatic carbocycles. The van der Waals surface area contributed by atoms with Gasteiger partial charge in [-0.1, -0.05) is 12.8 Å². The second kappa shape index (κ2) is 6.40. The molecule has 25 heavy (non-hydrogen) atoms. The van der Waals surface area contributed by atoms with Crippen molar-refractivity contribution in [2.45, 2.75) is 63.5 Å². The maximum atomic E-state index is 12.6.